The summed E-state index contributed by atoms with van der Waals surface area (Å²) in [5.41, 5.74) is 0. The van der Waals surface area contributed by atoms with Crippen LogP contribution in [0.5, 0.6) is 0 Å². The predicted molar refractivity (Wildman–Crippen MR) is 44.5 cm³/mol. The lowest BCUT2D eigenvalue weighted by Crippen LogP contribution is -2.51. The maximum atomic E-state index is 11.2. The lowest BCUT2D eigenvalue weighted by atomic mass is 10.1. The highest BCUT2D eigenvalue weighted by Gasteiger charge is 2.28. The van der Waals surface area contributed by atoms with Crippen molar-refractivity contribution in [3.63, 3.8) is 0 Å². The van der Waals surface area contributed by atoms with Gasteiger partial charge in [-0.15, -0.1) is 0 Å². The summed E-state index contributed by atoms with van der Waals surface area (Å²) in [5.74, 6) is -0.309. The smallest absolute Gasteiger partial charge is 0.243 e. The van der Waals surface area contributed by atoms with Gasteiger partial charge in [-0.25, -0.2) is 0 Å². The van der Waals surface area contributed by atoms with Gasteiger partial charge in [0.1, 0.15) is 0 Å². The van der Waals surface area contributed by atoms with Crippen LogP contribution in [-0.2, 0) is 9.59 Å². The number of likely N-dealkylation sites (N-methyl/N-ethyl adjacent to an activating group) is 1. The minimum absolute atomic E-state index is 0.118. The van der Waals surface area contributed by atoms with E-state index in [0.29, 0.717) is 12.8 Å². The molecule has 1 aliphatic rings. The van der Waals surface area contributed by atoms with E-state index in [1.54, 1.807) is 0 Å². The van der Waals surface area contributed by atoms with Gasteiger partial charge in [-0.2, -0.15) is 0 Å². The van der Waals surface area contributed by atoms with Gasteiger partial charge in [-0.3, -0.25) is 19.8 Å². The van der Waals surface area contributed by atoms with Gasteiger partial charge >= 0.3 is 0 Å². The number of hydrogen-bond acceptors (Lipinski definition) is 3. The maximum Gasteiger partial charge on any atom is 0.243 e. The predicted octanol–water partition coefficient (Wildman–Crippen LogP) is -0.257. The Hall–Kier alpha value is -0.900. The zero-order valence-electron chi connectivity index (χ0n) is 7.46. The molecular formula is C8H14N2O2. The molecule has 0 aromatic heterocycles. The summed E-state index contributed by atoms with van der Waals surface area (Å²) in [6.07, 6.45) is 1.11. The molecule has 0 spiro atoms. The number of amides is 2. The molecule has 1 heterocycles. The Morgan fingerprint density at radius 1 is 1.58 bits per heavy atom. The molecule has 0 aliphatic carbocycles. The number of nitrogens with zero attached hydrogens (tertiary/aromatic N) is 1. The summed E-state index contributed by atoms with van der Waals surface area (Å²) in [6.45, 7) is 2.82. The summed E-state index contributed by atoms with van der Waals surface area (Å²) >= 11 is 0. The fourth-order valence-corrected chi connectivity index (χ4v) is 1.32. The van der Waals surface area contributed by atoms with Crippen LogP contribution in [0.15, 0.2) is 0 Å². The molecule has 1 N–H and O–H groups in total. The first-order valence-electron chi connectivity index (χ1n) is 4.19. The Morgan fingerprint density at radius 2 is 2.25 bits per heavy atom. The minimum atomic E-state index is -0.157. The Labute approximate surface area is 71.9 Å². The highest BCUT2D eigenvalue weighted by Crippen LogP contribution is 2.09. The third kappa shape index (κ3) is 1.82. The van der Waals surface area contributed by atoms with Gasteiger partial charge in [0, 0.05) is 6.42 Å². The Bertz CT molecular complexity index is 203. The van der Waals surface area contributed by atoms with E-state index in [-0.39, 0.29) is 17.9 Å². The average molecular weight is 170 g/mol. The first-order valence-corrected chi connectivity index (χ1v) is 4.19. The highest BCUT2D eigenvalue weighted by molar-refractivity contribution is 6.00. The molecule has 0 saturated carbocycles. The molecular weight excluding hydrogens is 156 g/mol. The normalized spacial score (nSPS) is 24.4. The first-order chi connectivity index (χ1) is 5.65. The highest BCUT2D eigenvalue weighted by atomic mass is 16.2. The van der Waals surface area contributed by atoms with Gasteiger partial charge in [-0.05, 0) is 20.0 Å². The number of imide groups is 1. The van der Waals surface area contributed by atoms with Crippen molar-refractivity contribution in [2.24, 2.45) is 0 Å². The third-order valence-electron chi connectivity index (χ3n) is 2.24. The molecule has 1 unspecified atom stereocenters. The molecule has 1 saturated heterocycles. The van der Waals surface area contributed by atoms with Crippen LogP contribution in [0.25, 0.3) is 0 Å². The van der Waals surface area contributed by atoms with Crippen LogP contribution in [0, 0.1) is 0 Å². The van der Waals surface area contributed by atoms with E-state index in [1.807, 2.05) is 18.9 Å². The molecule has 0 aromatic carbocycles. The molecule has 68 valence electrons. The molecule has 12 heavy (non-hydrogen) atoms. The zero-order chi connectivity index (χ0) is 9.14. The van der Waals surface area contributed by atoms with E-state index in [0.717, 1.165) is 6.54 Å². The second kappa shape index (κ2) is 3.67. The van der Waals surface area contributed by atoms with Crippen molar-refractivity contribution in [1.29, 1.82) is 0 Å². The minimum Gasteiger partial charge on any atom is -0.295 e. The van der Waals surface area contributed by atoms with E-state index in [1.165, 1.54) is 0 Å². The van der Waals surface area contributed by atoms with Gasteiger partial charge in [0.05, 0.1) is 6.04 Å². The molecule has 4 nitrogen and oxygen atoms in total. The van der Waals surface area contributed by atoms with Gasteiger partial charge in [0.2, 0.25) is 11.8 Å². The van der Waals surface area contributed by atoms with Crippen LogP contribution in [0.4, 0.5) is 0 Å². The van der Waals surface area contributed by atoms with E-state index in [9.17, 15) is 9.59 Å². The summed E-state index contributed by atoms with van der Waals surface area (Å²) < 4.78 is 0. The monoisotopic (exact) mass is 170 g/mol. The average Bonchev–Trinajstić information content (AvgIpc) is 2.03. The van der Waals surface area contributed by atoms with Crippen LogP contribution in [0.1, 0.15) is 19.8 Å². The molecule has 0 aromatic rings. The molecule has 1 rings (SSSR count). The molecule has 1 fully saturated rings. The second-order valence-corrected chi connectivity index (χ2v) is 3.04. The number of rotatable bonds is 2. The fraction of sp³-hybridized carbons (Fsp3) is 0.750. The maximum absolute atomic E-state index is 11.2. The topological polar surface area (TPSA) is 49.4 Å². The van der Waals surface area contributed by atoms with Crippen LogP contribution in [-0.4, -0.2) is 36.3 Å². The second-order valence-electron chi connectivity index (χ2n) is 3.04. The van der Waals surface area contributed by atoms with Crippen LogP contribution < -0.4 is 5.32 Å². The van der Waals surface area contributed by atoms with Crippen molar-refractivity contribution in [1.82, 2.24) is 10.2 Å². The zero-order valence-corrected chi connectivity index (χ0v) is 7.46. The summed E-state index contributed by atoms with van der Waals surface area (Å²) in [6, 6.07) is -0.118. The van der Waals surface area contributed by atoms with Crippen molar-refractivity contribution in [3.8, 4) is 0 Å². The molecule has 0 bridgehead atoms. The van der Waals surface area contributed by atoms with Crippen molar-refractivity contribution in [3.05, 3.63) is 0 Å². The van der Waals surface area contributed by atoms with Gasteiger partial charge in [0.15, 0.2) is 0 Å². The van der Waals surface area contributed by atoms with Crippen molar-refractivity contribution >= 4 is 11.8 Å². The van der Waals surface area contributed by atoms with Crippen molar-refractivity contribution in [2.45, 2.75) is 25.8 Å². The largest absolute Gasteiger partial charge is 0.295 e. The lowest BCUT2D eigenvalue weighted by Gasteiger charge is -2.28. The van der Waals surface area contributed by atoms with E-state index >= 15 is 0 Å². The number of carbonyl (C=O) groups is 2. The Balaban J connectivity index is 2.56. The van der Waals surface area contributed by atoms with E-state index < -0.39 is 0 Å². The number of nitrogens with one attached hydrogen (secondary N) is 1. The quantitative estimate of drug-likeness (QED) is 0.581. The Kier molecular flexibility index (Phi) is 2.81. The molecule has 1 aliphatic heterocycles. The Morgan fingerprint density at radius 3 is 2.75 bits per heavy atom. The van der Waals surface area contributed by atoms with Gasteiger partial charge in [0.25, 0.3) is 0 Å². The van der Waals surface area contributed by atoms with Crippen LogP contribution in [0.2, 0.25) is 0 Å². The number of hydrogen-bond donors (Lipinski definition) is 1. The van der Waals surface area contributed by atoms with E-state index in [2.05, 4.69) is 5.32 Å². The summed E-state index contributed by atoms with van der Waals surface area (Å²) in [7, 11) is 1.89. The summed E-state index contributed by atoms with van der Waals surface area (Å²) in [4.78, 5) is 24.0. The van der Waals surface area contributed by atoms with Crippen molar-refractivity contribution in [2.75, 3.05) is 13.6 Å². The third-order valence-corrected chi connectivity index (χ3v) is 2.24. The van der Waals surface area contributed by atoms with Gasteiger partial charge in [-0.1, -0.05) is 6.92 Å². The van der Waals surface area contributed by atoms with Crippen LogP contribution in [0.3, 0.4) is 0 Å². The van der Waals surface area contributed by atoms with Gasteiger partial charge < -0.3 is 0 Å². The standard InChI is InChI=1S/C8H14N2O2/c1-3-10(2)6-4-5-7(11)9-8(6)12/h6H,3-5H2,1-2H3,(H,9,11,12). The molecule has 0 radical (unpaired) electrons. The van der Waals surface area contributed by atoms with Crippen LogP contribution >= 0.6 is 0 Å². The number of piperidine rings is 1. The van der Waals surface area contributed by atoms with Crippen molar-refractivity contribution < 1.29 is 9.59 Å². The molecule has 4 heteroatoms. The SMILES string of the molecule is CCN(C)C1CCC(=O)NC1=O. The first kappa shape index (κ1) is 9.19. The number of carbonyl (C=O) groups excluding carboxylic acids is 2. The summed E-state index contributed by atoms with van der Waals surface area (Å²) in [5, 5.41) is 2.33. The fourth-order valence-electron chi connectivity index (χ4n) is 1.32. The molecule has 1 atom stereocenters. The molecule has 2 amide bonds. The van der Waals surface area contributed by atoms with E-state index in [4.69, 9.17) is 0 Å². The lowest BCUT2D eigenvalue weighted by molar-refractivity contribution is -0.137.